The van der Waals surface area contributed by atoms with Crippen molar-refractivity contribution in [3.63, 3.8) is 0 Å². The fraction of sp³-hybridized carbons (Fsp3) is 0.0625. The van der Waals surface area contributed by atoms with Crippen LogP contribution in [0.4, 0.5) is 4.39 Å². The summed E-state index contributed by atoms with van der Waals surface area (Å²) in [6.45, 7) is 0. The summed E-state index contributed by atoms with van der Waals surface area (Å²) in [5.41, 5.74) is 2.92. The van der Waals surface area contributed by atoms with Gasteiger partial charge >= 0.3 is 0 Å². The van der Waals surface area contributed by atoms with E-state index in [0.717, 1.165) is 10.5 Å². The van der Waals surface area contributed by atoms with Gasteiger partial charge in [-0.2, -0.15) is 0 Å². The molecule has 5 heteroatoms. The Hall–Kier alpha value is -2.27. The van der Waals surface area contributed by atoms with Crippen LogP contribution in [-0.4, -0.2) is 21.6 Å². The zero-order valence-corrected chi connectivity index (χ0v) is 12.1. The van der Waals surface area contributed by atoms with E-state index in [9.17, 15) is 9.50 Å². The Kier molecular flexibility index (Phi) is 3.66. The van der Waals surface area contributed by atoms with E-state index < -0.39 is 0 Å². The van der Waals surface area contributed by atoms with Gasteiger partial charge in [-0.05, 0) is 36.1 Å². The van der Waals surface area contributed by atoms with Gasteiger partial charge in [-0.3, -0.25) is 5.10 Å². The molecule has 1 heterocycles. The number of hydrogen-bond acceptors (Lipinski definition) is 3. The molecule has 0 saturated heterocycles. The minimum atomic E-state index is -0.312. The lowest BCUT2D eigenvalue weighted by atomic mass is 10.0. The molecule has 0 saturated carbocycles. The van der Waals surface area contributed by atoms with E-state index in [1.54, 1.807) is 23.9 Å². The first-order valence-corrected chi connectivity index (χ1v) is 7.59. The van der Waals surface area contributed by atoms with E-state index in [1.165, 1.54) is 12.1 Å². The number of hydrogen-bond donors (Lipinski definition) is 2. The number of rotatable bonds is 3. The largest absolute Gasteiger partial charge is 0.492 e. The number of halogens is 1. The van der Waals surface area contributed by atoms with E-state index in [2.05, 4.69) is 10.2 Å². The van der Waals surface area contributed by atoms with Crippen molar-refractivity contribution < 1.29 is 9.50 Å². The van der Waals surface area contributed by atoms with Gasteiger partial charge in [0.15, 0.2) is 0 Å². The highest BCUT2D eigenvalue weighted by Crippen LogP contribution is 2.37. The molecule has 2 aromatic carbocycles. The standard InChI is InChI=1S/C16H13FN2OS/c1-21-13-8-4-11(5-9-13)15-14(16(20)19-18-15)10-2-6-12(17)7-3-10/h2-9H,1H3,(H2,18,19,20). The van der Waals surface area contributed by atoms with E-state index in [1.807, 2.05) is 30.5 Å². The summed E-state index contributed by atoms with van der Waals surface area (Å²) in [7, 11) is 0. The molecule has 0 bridgehead atoms. The lowest BCUT2D eigenvalue weighted by Gasteiger charge is -2.05. The number of nitrogens with one attached hydrogen (secondary N) is 1. The molecule has 106 valence electrons. The van der Waals surface area contributed by atoms with Gasteiger partial charge < -0.3 is 5.11 Å². The smallest absolute Gasteiger partial charge is 0.238 e. The number of benzene rings is 2. The lowest BCUT2D eigenvalue weighted by Crippen LogP contribution is -1.84. The molecule has 1 aromatic heterocycles. The van der Waals surface area contributed by atoms with Crippen LogP contribution in [-0.2, 0) is 0 Å². The van der Waals surface area contributed by atoms with Crippen molar-refractivity contribution in [1.29, 1.82) is 0 Å². The summed E-state index contributed by atoms with van der Waals surface area (Å²) in [6.07, 6.45) is 2.01. The maximum atomic E-state index is 13.0. The third-order valence-electron chi connectivity index (χ3n) is 3.26. The van der Waals surface area contributed by atoms with Gasteiger partial charge in [0.2, 0.25) is 5.88 Å². The molecule has 0 radical (unpaired) electrons. The third-order valence-corrected chi connectivity index (χ3v) is 4.00. The van der Waals surface area contributed by atoms with Gasteiger partial charge in [-0.25, -0.2) is 4.39 Å². The molecular weight excluding hydrogens is 287 g/mol. The molecule has 3 nitrogen and oxygen atoms in total. The van der Waals surface area contributed by atoms with Gasteiger partial charge in [0.25, 0.3) is 0 Å². The number of aromatic amines is 1. The van der Waals surface area contributed by atoms with Crippen molar-refractivity contribution in [2.45, 2.75) is 4.90 Å². The van der Waals surface area contributed by atoms with Crippen LogP contribution in [0, 0.1) is 5.82 Å². The van der Waals surface area contributed by atoms with Crippen LogP contribution in [0.25, 0.3) is 22.4 Å². The topological polar surface area (TPSA) is 48.9 Å². The molecule has 0 aliphatic rings. The van der Waals surface area contributed by atoms with Crippen LogP contribution in [0.3, 0.4) is 0 Å². The Morgan fingerprint density at radius 3 is 2.24 bits per heavy atom. The van der Waals surface area contributed by atoms with Crippen LogP contribution < -0.4 is 0 Å². The molecule has 21 heavy (non-hydrogen) atoms. The Morgan fingerprint density at radius 1 is 1.00 bits per heavy atom. The molecule has 0 unspecified atom stereocenters. The molecule has 0 aliphatic heterocycles. The second-order valence-electron chi connectivity index (χ2n) is 4.53. The maximum Gasteiger partial charge on any atom is 0.238 e. The van der Waals surface area contributed by atoms with Crippen molar-refractivity contribution >= 4 is 11.8 Å². The van der Waals surface area contributed by atoms with Crippen molar-refractivity contribution in [2.24, 2.45) is 0 Å². The number of thioether (sulfide) groups is 1. The van der Waals surface area contributed by atoms with E-state index >= 15 is 0 Å². The van der Waals surface area contributed by atoms with Crippen molar-refractivity contribution in [1.82, 2.24) is 10.2 Å². The van der Waals surface area contributed by atoms with Crippen molar-refractivity contribution in [3.8, 4) is 28.3 Å². The fourth-order valence-electron chi connectivity index (χ4n) is 2.19. The Bertz CT molecular complexity index is 751. The zero-order valence-electron chi connectivity index (χ0n) is 11.3. The first kappa shape index (κ1) is 13.7. The van der Waals surface area contributed by atoms with Gasteiger partial charge in [0.1, 0.15) is 5.82 Å². The molecule has 3 rings (SSSR count). The molecule has 3 aromatic rings. The summed E-state index contributed by atoms with van der Waals surface area (Å²) >= 11 is 1.66. The molecule has 0 fully saturated rings. The first-order chi connectivity index (χ1) is 10.2. The van der Waals surface area contributed by atoms with Crippen LogP contribution >= 0.6 is 11.8 Å². The van der Waals surface area contributed by atoms with Gasteiger partial charge in [-0.15, -0.1) is 16.9 Å². The lowest BCUT2D eigenvalue weighted by molar-refractivity contribution is 0.454. The molecule has 0 atom stereocenters. The highest BCUT2D eigenvalue weighted by Gasteiger charge is 2.16. The van der Waals surface area contributed by atoms with Crippen LogP contribution in [0.15, 0.2) is 53.4 Å². The fourth-order valence-corrected chi connectivity index (χ4v) is 2.60. The normalized spacial score (nSPS) is 10.8. The first-order valence-electron chi connectivity index (χ1n) is 6.36. The minimum absolute atomic E-state index is 0.0921. The predicted molar refractivity (Wildman–Crippen MR) is 82.9 cm³/mol. The SMILES string of the molecule is CSc1ccc(-c2[nH]nc(O)c2-c2ccc(F)cc2)cc1. The van der Waals surface area contributed by atoms with E-state index in [0.29, 0.717) is 16.8 Å². The average molecular weight is 300 g/mol. The monoisotopic (exact) mass is 300 g/mol. The summed E-state index contributed by atoms with van der Waals surface area (Å²) in [5, 5.41) is 16.7. The molecule has 2 N–H and O–H groups in total. The quantitative estimate of drug-likeness (QED) is 0.709. The van der Waals surface area contributed by atoms with Gasteiger partial charge in [0.05, 0.1) is 11.3 Å². The highest BCUT2D eigenvalue weighted by molar-refractivity contribution is 7.98. The number of nitrogens with zero attached hydrogens (tertiary/aromatic N) is 1. The predicted octanol–water partition coefficient (Wildman–Crippen LogP) is 4.31. The third kappa shape index (κ3) is 2.64. The minimum Gasteiger partial charge on any atom is -0.492 e. The molecular formula is C16H13FN2OS. The molecule has 0 spiro atoms. The second-order valence-corrected chi connectivity index (χ2v) is 5.41. The van der Waals surface area contributed by atoms with Crippen molar-refractivity contribution in [3.05, 3.63) is 54.3 Å². The Labute approximate surface area is 125 Å². The number of aromatic nitrogens is 2. The Balaban J connectivity index is 2.09. The summed E-state index contributed by atoms with van der Waals surface area (Å²) in [4.78, 5) is 1.16. The molecule has 0 aliphatic carbocycles. The Morgan fingerprint density at radius 2 is 1.62 bits per heavy atom. The zero-order chi connectivity index (χ0) is 14.8. The van der Waals surface area contributed by atoms with Gasteiger partial charge in [-0.1, -0.05) is 24.3 Å². The van der Waals surface area contributed by atoms with E-state index in [-0.39, 0.29) is 11.7 Å². The van der Waals surface area contributed by atoms with Crippen LogP contribution in [0.2, 0.25) is 0 Å². The highest BCUT2D eigenvalue weighted by atomic mass is 32.2. The summed E-state index contributed by atoms with van der Waals surface area (Å²) in [5.74, 6) is -0.404. The molecule has 0 amide bonds. The number of H-pyrrole nitrogens is 1. The summed E-state index contributed by atoms with van der Waals surface area (Å²) < 4.78 is 13.0. The second kappa shape index (κ2) is 5.61. The summed E-state index contributed by atoms with van der Waals surface area (Å²) in [6, 6.07) is 13.9. The number of aromatic hydroxyl groups is 1. The van der Waals surface area contributed by atoms with Gasteiger partial charge in [0, 0.05) is 10.5 Å². The van der Waals surface area contributed by atoms with E-state index in [4.69, 9.17) is 0 Å². The average Bonchev–Trinajstić information content (AvgIpc) is 2.90. The van der Waals surface area contributed by atoms with Crippen LogP contribution in [0.1, 0.15) is 0 Å². The van der Waals surface area contributed by atoms with Crippen molar-refractivity contribution in [2.75, 3.05) is 6.26 Å². The maximum absolute atomic E-state index is 13.0. The van der Waals surface area contributed by atoms with Crippen LogP contribution in [0.5, 0.6) is 5.88 Å².